The van der Waals surface area contributed by atoms with Gasteiger partial charge in [-0.05, 0) is 25.8 Å². The van der Waals surface area contributed by atoms with Crippen molar-refractivity contribution in [1.29, 1.82) is 0 Å². The van der Waals surface area contributed by atoms with E-state index in [0.717, 1.165) is 13.0 Å². The van der Waals surface area contributed by atoms with Crippen LogP contribution < -0.4 is 11.5 Å². The Balaban J connectivity index is 0. The highest BCUT2D eigenvalue weighted by Crippen LogP contribution is 1.90. The average molecular weight is 186 g/mol. The number of urea groups is 1. The van der Waals surface area contributed by atoms with Crippen molar-refractivity contribution in [3.05, 3.63) is 24.5 Å². The third kappa shape index (κ3) is 37.3. The van der Waals surface area contributed by atoms with Gasteiger partial charge in [-0.3, -0.25) is 0 Å². The van der Waals surface area contributed by atoms with Gasteiger partial charge in [0.25, 0.3) is 0 Å². The number of primary amides is 2. The quantitative estimate of drug-likeness (QED) is 0.396. The van der Waals surface area contributed by atoms with Gasteiger partial charge < -0.3 is 16.2 Å². The van der Waals surface area contributed by atoms with Crippen LogP contribution in [0.3, 0.4) is 0 Å². The molecule has 0 saturated heterocycles. The minimum Gasteiger partial charge on any atom is -0.501 e. The normalized spacial score (nSPS) is 7.54. The molecule has 0 aromatic rings. The van der Waals surface area contributed by atoms with Crippen LogP contribution in [0.25, 0.3) is 0 Å². The van der Waals surface area contributed by atoms with Crippen LogP contribution >= 0.6 is 0 Å². The van der Waals surface area contributed by atoms with E-state index in [1.165, 1.54) is 5.57 Å². The summed E-state index contributed by atoms with van der Waals surface area (Å²) in [7, 11) is 0. The minimum atomic E-state index is -0.833. The van der Waals surface area contributed by atoms with Crippen molar-refractivity contribution in [2.45, 2.75) is 20.3 Å². The Morgan fingerprint density at radius 1 is 1.46 bits per heavy atom. The van der Waals surface area contributed by atoms with Crippen molar-refractivity contribution in [3.63, 3.8) is 0 Å². The first-order valence-electron chi connectivity index (χ1n) is 3.91. The van der Waals surface area contributed by atoms with Gasteiger partial charge >= 0.3 is 6.03 Å². The lowest BCUT2D eigenvalue weighted by Crippen LogP contribution is -2.18. The van der Waals surface area contributed by atoms with E-state index in [-0.39, 0.29) is 0 Å². The minimum absolute atomic E-state index is 0.745. The third-order valence-corrected chi connectivity index (χ3v) is 0.759. The zero-order valence-electron chi connectivity index (χ0n) is 8.25. The molecular formula is C9H18N2O2. The molecule has 0 aliphatic carbocycles. The van der Waals surface area contributed by atoms with Crippen molar-refractivity contribution in [2.75, 3.05) is 6.61 Å². The van der Waals surface area contributed by atoms with Crippen molar-refractivity contribution in [1.82, 2.24) is 0 Å². The summed E-state index contributed by atoms with van der Waals surface area (Å²) in [6.07, 6.45) is 4.53. The van der Waals surface area contributed by atoms with Gasteiger partial charge in [0.05, 0.1) is 12.9 Å². The molecule has 0 unspecified atom stereocenters. The highest BCUT2D eigenvalue weighted by molar-refractivity contribution is 5.69. The molecular weight excluding hydrogens is 168 g/mol. The van der Waals surface area contributed by atoms with Gasteiger partial charge in [-0.25, -0.2) is 4.79 Å². The second-order valence-corrected chi connectivity index (χ2v) is 2.55. The Morgan fingerprint density at radius 2 is 1.92 bits per heavy atom. The van der Waals surface area contributed by atoms with Gasteiger partial charge in [-0.15, -0.1) is 6.58 Å². The van der Waals surface area contributed by atoms with E-state index in [0.29, 0.717) is 0 Å². The molecule has 0 aromatic carbocycles. The number of allylic oxidation sites excluding steroid dienone is 1. The Kier molecular flexibility index (Phi) is 11.4. The Hall–Kier alpha value is -1.45. The number of amides is 2. The summed E-state index contributed by atoms with van der Waals surface area (Å²) >= 11 is 0. The molecule has 13 heavy (non-hydrogen) atoms. The third-order valence-electron chi connectivity index (χ3n) is 0.759. The number of rotatable bonds is 4. The maximum Gasteiger partial charge on any atom is 0.309 e. The lowest BCUT2D eigenvalue weighted by Gasteiger charge is -1.96. The van der Waals surface area contributed by atoms with Gasteiger partial charge in [-0.1, -0.05) is 6.08 Å². The number of carbonyl (C=O) groups excluding carboxylic acids is 1. The van der Waals surface area contributed by atoms with Crippen molar-refractivity contribution in [2.24, 2.45) is 11.5 Å². The first-order chi connectivity index (χ1) is 6.00. The molecule has 0 atom stereocenters. The van der Waals surface area contributed by atoms with E-state index in [9.17, 15) is 0 Å². The lowest BCUT2D eigenvalue weighted by atomic mass is 10.4. The molecule has 0 fully saturated rings. The summed E-state index contributed by atoms with van der Waals surface area (Å²) in [5, 5.41) is 0. The summed E-state index contributed by atoms with van der Waals surface area (Å²) < 4.78 is 5.10. The first kappa shape index (κ1) is 14.1. The van der Waals surface area contributed by atoms with Crippen molar-refractivity contribution < 1.29 is 9.53 Å². The molecule has 4 nitrogen and oxygen atoms in total. The molecule has 0 aliphatic rings. The smallest absolute Gasteiger partial charge is 0.309 e. The monoisotopic (exact) mass is 186 g/mol. The predicted octanol–water partition coefficient (Wildman–Crippen LogP) is 1.53. The van der Waals surface area contributed by atoms with E-state index in [2.05, 4.69) is 18.0 Å². The number of hydrogen-bond acceptors (Lipinski definition) is 2. The number of ether oxygens (including phenoxy) is 1. The highest BCUT2D eigenvalue weighted by Gasteiger charge is 1.77. The maximum absolute atomic E-state index is 9.00. The largest absolute Gasteiger partial charge is 0.501 e. The van der Waals surface area contributed by atoms with E-state index in [1.807, 2.05) is 19.9 Å². The second-order valence-electron chi connectivity index (χ2n) is 2.55. The molecule has 0 saturated carbocycles. The fraction of sp³-hybridized carbons (Fsp3) is 0.444. The summed E-state index contributed by atoms with van der Waals surface area (Å²) in [4.78, 5) is 9.00. The SMILES string of the molecule is C=CCCOC=C(C)C.NC(N)=O. The maximum atomic E-state index is 9.00. The molecule has 0 aromatic heterocycles. The number of carbonyl (C=O) groups is 1. The molecule has 0 spiro atoms. The summed E-state index contributed by atoms with van der Waals surface area (Å²) in [6.45, 7) is 8.34. The van der Waals surface area contributed by atoms with Crippen LogP contribution in [-0.4, -0.2) is 12.6 Å². The lowest BCUT2D eigenvalue weighted by molar-refractivity contribution is 0.253. The van der Waals surface area contributed by atoms with Gasteiger partial charge in [0.2, 0.25) is 0 Å². The molecule has 0 rings (SSSR count). The zero-order chi connectivity index (χ0) is 10.7. The van der Waals surface area contributed by atoms with Gasteiger partial charge in [-0.2, -0.15) is 0 Å². The van der Waals surface area contributed by atoms with Crippen LogP contribution in [0.2, 0.25) is 0 Å². The molecule has 0 bridgehead atoms. The number of nitrogens with two attached hydrogens (primary N) is 2. The van der Waals surface area contributed by atoms with Crippen LogP contribution in [0, 0.1) is 0 Å². The van der Waals surface area contributed by atoms with Crippen LogP contribution in [0.15, 0.2) is 24.5 Å². The van der Waals surface area contributed by atoms with Crippen molar-refractivity contribution in [3.8, 4) is 0 Å². The zero-order valence-corrected chi connectivity index (χ0v) is 8.25. The molecule has 4 N–H and O–H groups in total. The topological polar surface area (TPSA) is 78.3 Å². The molecule has 0 aliphatic heterocycles. The first-order valence-corrected chi connectivity index (χ1v) is 3.91. The van der Waals surface area contributed by atoms with Crippen LogP contribution in [0.1, 0.15) is 20.3 Å². The van der Waals surface area contributed by atoms with E-state index >= 15 is 0 Å². The number of hydrogen-bond donors (Lipinski definition) is 2. The molecule has 0 heterocycles. The predicted molar refractivity (Wildman–Crippen MR) is 54.0 cm³/mol. The van der Waals surface area contributed by atoms with Gasteiger partial charge in [0, 0.05) is 0 Å². The van der Waals surface area contributed by atoms with E-state index < -0.39 is 6.03 Å². The highest BCUT2D eigenvalue weighted by atomic mass is 16.5. The Morgan fingerprint density at radius 3 is 2.23 bits per heavy atom. The summed E-state index contributed by atoms with van der Waals surface area (Å²) in [6, 6.07) is -0.833. The van der Waals surface area contributed by atoms with E-state index in [4.69, 9.17) is 9.53 Å². The molecule has 0 radical (unpaired) electrons. The van der Waals surface area contributed by atoms with Crippen molar-refractivity contribution >= 4 is 6.03 Å². The standard InChI is InChI=1S/C8H14O.CH4N2O/c1-4-5-6-9-7-8(2)3;2-1(3)4/h4,7H,1,5-6H2,2-3H3;(H4,2,3,4). The van der Waals surface area contributed by atoms with Crippen LogP contribution in [0.4, 0.5) is 4.79 Å². The fourth-order valence-electron chi connectivity index (χ4n) is 0.377. The van der Waals surface area contributed by atoms with E-state index in [1.54, 1.807) is 6.26 Å². The molecule has 2 amide bonds. The summed E-state index contributed by atoms with van der Waals surface area (Å²) in [5.74, 6) is 0. The molecule has 4 heteroatoms. The Bertz CT molecular complexity index is 168. The average Bonchev–Trinajstić information content (AvgIpc) is 1.97. The summed E-state index contributed by atoms with van der Waals surface area (Å²) in [5.41, 5.74) is 9.69. The second kappa shape index (κ2) is 10.6. The van der Waals surface area contributed by atoms with Crippen LogP contribution in [0.5, 0.6) is 0 Å². The van der Waals surface area contributed by atoms with Gasteiger partial charge in [0.15, 0.2) is 0 Å². The van der Waals surface area contributed by atoms with Gasteiger partial charge in [0.1, 0.15) is 0 Å². The van der Waals surface area contributed by atoms with Crippen LogP contribution in [-0.2, 0) is 4.74 Å². The fourth-order valence-corrected chi connectivity index (χ4v) is 0.377. The molecule has 76 valence electrons. The Labute approximate surface area is 79.2 Å².